The number of hydrogen-bond donors (Lipinski definition) is 2. The Kier molecular flexibility index (Phi) is 6.38. The zero-order chi connectivity index (χ0) is 14.3. The molecule has 1 aromatic rings. The molecule has 1 atom stereocenters. The summed E-state index contributed by atoms with van der Waals surface area (Å²) in [5.41, 5.74) is 0.183. The Balaban J connectivity index is 2.61. The molecule has 4 nitrogen and oxygen atoms in total. The molecule has 1 rings (SSSR count). The van der Waals surface area contributed by atoms with Gasteiger partial charge in [-0.2, -0.15) is 0 Å². The molecular weight excluding hydrogens is 256 g/mol. The van der Waals surface area contributed by atoms with Crippen molar-refractivity contribution < 1.29 is 23.4 Å². The fraction of sp³-hybridized carbons (Fsp3) is 0.462. The molecule has 0 aliphatic rings. The maximum atomic E-state index is 13.1. The van der Waals surface area contributed by atoms with E-state index in [1.807, 2.05) is 6.92 Å². The third-order valence-corrected chi connectivity index (χ3v) is 2.54. The molecule has 0 aliphatic carbocycles. The van der Waals surface area contributed by atoms with E-state index in [1.54, 1.807) is 0 Å². The molecule has 1 unspecified atom stereocenters. The maximum absolute atomic E-state index is 13.1. The van der Waals surface area contributed by atoms with Gasteiger partial charge in [0.05, 0.1) is 0 Å². The van der Waals surface area contributed by atoms with E-state index in [4.69, 9.17) is 9.84 Å². The smallest absolute Gasteiger partial charge is 0.325 e. The molecule has 0 bridgehead atoms. The van der Waals surface area contributed by atoms with Gasteiger partial charge in [-0.05, 0) is 37.6 Å². The highest BCUT2D eigenvalue weighted by Gasteiger charge is 2.20. The van der Waals surface area contributed by atoms with Crippen molar-refractivity contribution in [1.29, 1.82) is 0 Å². The summed E-state index contributed by atoms with van der Waals surface area (Å²) in [6, 6.07) is 2.01. The molecule has 0 aromatic heterocycles. The number of rotatable bonds is 8. The predicted octanol–water partition coefficient (Wildman–Crippen LogP) is 2.11. The van der Waals surface area contributed by atoms with Crippen LogP contribution in [0.4, 0.5) is 8.78 Å². The van der Waals surface area contributed by atoms with E-state index in [-0.39, 0.29) is 5.56 Å². The molecule has 6 heteroatoms. The lowest BCUT2D eigenvalue weighted by molar-refractivity contribution is -0.139. The molecule has 0 aliphatic heterocycles. The third kappa shape index (κ3) is 4.92. The summed E-state index contributed by atoms with van der Waals surface area (Å²) in [7, 11) is 0. The first-order valence-electron chi connectivity index (χ1n) is 6.05. The minimum Gasteiger partial charge on any atom is -0.480 e. The van der Waals surface area contributed by atoms with Crippen molar-refractivity contribution in [3.63, 3.8) is 0 Å². The van der Waals surface area contributed by atoms with E-state index in [2.05, 4.69) is 5.32 Å². The second-order valence-electron chi connectivity index (χ2n) is 3.95. The van der Waals surface area contributed by atoms with Crippen molar-refractivity contribution in [2.24, 2.45) is 0 Å². The Morgan fingerprint density at radius 1 is 1.42 bits per heavy atom. The first-order valence-corrected chi connectivity index (χ1v) is 6.05. The SMILES string of the molecule is CCOCCCNC(C(=O)O)c1ccc(F)c(F)c1. The fourth-order valence-electron chi connectivity index (χ4n) is 1.60. The van der Waals surface area contributed by atoms with Gasteiger partial charge in [-0.3, -0.25) is 4.79 Å². The zero-order valence-corrected chi connectivity index (χ0v) is 10.7. The van der Waals surface area contributed by atoms with Crippen molar-refractivity contribution in [2.45, 2.75) is 19.4 Å². The Morgan fingerprint density at radius 2 is 2.16 bits per heavy atom. The van der Waals surface area contributed by atoms with Crippen LogP contribution >= 0.6 is 0 Å². The van der Waals surface area contributed by atoms with Crippen molar-refractivity contribution in [1.82, 2.24) is 5.32 Å². The first-order chi connectivity index (χ1) is 9.06. The van der Waals surface area contributed by atoms with Crippen molar-refractivity contribution in [3.05, 3.63) is 35.4 Å². The largest absolute Gasteiger partial charge is 0.480 e. The molecule has 19 heavy (non-hydrogen) atoms. The second-order valence-corrected chi connectivity index (χ2v) is 3.95. The summed E-state index contributed by atoms with van der Waals surface area (Å²) in [6.07, 6.45) is 0.640. The second kappa shape index (κ2) is 7.81. The number of nitrogens with one attached hydrogen (secondary N) is 1. The van der Waals surface area contributed by atoms with Gasteiger partial charge >= 0.3 is 5.97 Å². The lowest BCUT2D eigenvalue weighted by Gasteiger charge is -2.15. The number of aliphatic carboxylic acids is 1. The molecule has 2 N–H and O–H groups in total. The molecule has 1 aromatic carbocycles. The van der Waals surface area contributed by atoms with E-state index < -0.39 is 23.6 Å². The topological polar surface area (TPSA) is 58.6 Å². The lowest BCUT2D eigenvalue weighted by atomic mass is 10.1. The normalized spacial score (nSPS) is 12.4. The highest BCUT2D eigenvalue weighted by molar-refractivity contribution is 5.75. The van der Waals surface area contributed by atoms with Crippen LogP contribution in [0.2, 0.25) is 0 Å². The Morgan fingerprint density at radius 3 is 2.74 bits per heavy atom. The monoisotopic (exact) mass is 273 g/mol. The van der Waals surface area contributed by atoms with Gasteiger partial charge in [-0.1, -0.05) is 6.07 Å². The van der Waals surface area contributed by atoms with Gasteiger partial charge in [0.2, 0.25) is 0 Å². The quantitative estimate of drug-likeness (QED) is 0.712. The number of carboxylic acid groups (broad SMARTS) is 1. The van der Waals surface area contributed by atoms with Gasteiger partial charge in [0.25, 0.3) is 0 Å². The van der Waals surface area contributed by atoms with Crippen LogP contribution in [0.25, 0.3) is 0 Å². The van der Waals surface area contributed by atoms with Gasteiger partial charge < -0.3 is 15.2 Å². The highest BCUT2D eigenvalue weighted by atomic mass is 19.2. The van der Waals surface area contributed by atoms with Crippen molar-refractivity contribution in [3.8, 4) is 0 Å². The van der Waals surface area contributed by atoms with Gasteiger partial charge in [-0.25, -0.2) is 8.78 Å². The Bertz CT molecular complexity index is 426. The fourth-order valence-corrected chi connectivity index (χ4v) is 1.60. The van der Waals surface area contributed by atoms with Crippen molar-refractivity contribution in [2.75, 3.05) is 19.8 Å². The number of carboxylic acids is 1. The predicted molar refractivity (Wildman–Crippen MR) is 65.8 cm³/mol. The molecule has 0 spiro atoms. The average Bonchev–Trinajstić information content (AvgIpc) is 2.37. The summed E-state index contributed by atoms with van der Waals surface area (Å²) in [5, 5.41) is 11.9. The van der Waals surface area contributed by atoms with Crippen LogP contribution in [0.1, 0.15) is 24.9 Å². The number of benzene rings is 1. The van der Waals surface area contributed by atoms with Gasteiger partial charge in [0.15, 0.2) is 11.6 Å². The average molecular weight is 273 g/mol. The van der Waals surface area contributed by atoms with Gasteiger partial charge in [0.1, 0.15) is 6.04 Å². The zero-order valence-electron chi connectivity index (χ0n) is 10.7. The molecule has 0 amide bonds. The van der Waals surface area contributed by atoms with Gasteiger partial charge in [0, 0.05) is 13.2 Å². The van der Waals surface area contributed by atoms with Crippen molar-refractivity contribution >= 4 is 5.97 Å². The molecule has 0 saturated carbocycles. The van der Waals surface area contributed by atoms with Crippen LogP contribution in [0.3, 0.4) is 0 Å². The molecular formula is C13H17F2NO3. The number of carbonyl (C=O) groups is 1. The number of ether oxygens (including phenoxy) is 1. The van der Waals surface area contributed by atoms with Crippen LogP contribution in [0, 0.1) is 11.6 Å². The van der Waals surface area contributed by atoms with Crippen LogP contribution in [0.5, 0.6) is 0 Å². The maximum Gasteiger partial charge on any atom is 0.325 e. The first kappa shape index (κ1) is 15.5. The number of hydrogen-bond acceptors (Lipinski definition) is 3. The van der Waals surface area contributed by atoms with Crippen LogP contribution in [-0.4, -0.2) is 30.8 Å². The summed E-state index contributed by atoms with van der Waals surface area (Å²) in [5.74, 6) is -3.19. The minimum atomic E-state index is -1.14. The van der Waals surface area contributed by atoms with E-state index in [1.165, 1.54) is 6.07 Å². The summed E-state index contributed by atoms with van der Waals surface area (Å²) < 4.78 is 31.0. The number of halogens is 2. The van der Waals surface area contributed by atoms with E-state index in [0.29, 0.717) is 26.2 Å². The van der Waals surface area contributed by atoms with E-state index >= 15 is 0 Å². The molecule has 106 valence electrons. The minimum absolute atomic E-state index is 0.183. The van der Waals surface area contributed by atoms with Crippen LogP contribution < -0.4 is 5.32 Å². The molecule has 0 saturated heterocycles. The Hall–Kier alpha value is -1.53. The molecule has 0 fully saturated rings. The van der Waals surface area contributed by atoms with E-state index in [9.17, 15) is 13.6 Å². The third-order valence-electron chi connectivity index (χ3n) is 2.54. The lowest BCUT2D eigenvalue weighted by Crippen LogP contribution is -2.30. The Labute approximate surface area is 110 Å². The molecule has 0 heterocycles. The standard InChI is InChI=1S/C13H17F2NO3/c1-2-19-7-3-6-16-12(13(17)18)9-4-5-10(14)11(15)8-9/h4-5,8,12,16H,2-3,6-7H2,1H3,(H,17,18). The van der Waals surface area contributed by atoms with E-state index in [0.717, 1.165) is 12.1 Å². The summed E-state index contributed by atoms with van der Waals surface area (Å²) in [6.45, 7) is 3.41. The summed E-state index contributed by atoms with van der Waals surface area (Å²) >= 11 is 0. The van der Waals surface area contributed by atoms with Gasteiger partial charge in [-0.15, -0.1) is 0 Å². The van der Waals surface area contributed by atoms with Crippen LogP contribution in [0.15, 0.2) is 18.2 Å². The van der Waals surface area contributed by atoms with Crippen LogP contribution in [-0.2, 0) is 9.53 Å². The molecule has 0 radical (unpaired) electrons. The highest BCUT2D eigenvalue weighted by Crippen LogP contribution is 2.16. The summed E-state index contributed by atoms with van der Waals surface area (Å²) in [4.78, 5) is 11.1.